The Kier molecular flexibility index (Phi) is 5.60. The maximum absolute atomic E-state index is 12.1. The van der Waals surface area contributed by atoms with Gasteiger partial charge in [-0.3, -0.25) is 10.1 Å². The average Bonchev–Trinajstić information content (AvgIpc) is 2.28. The minimum Gasteiger partial charge on any atom is -0.258 e. The summed E-state index contributed by atoms with van der Waals surface area (Å²) in [5, 5.41) is 10.6. The molecule has 19 heavy (non-hydrogen) atoms. The number of nitrogens with zero attached hydrogens (tertiary/aromatic N) is 1. The van der Waals surface area contributed by atoms with Gasteiger partial charge in [-0.15, -0.1) is 0 Å². The van der Waals surface area contributed by atoms with Gasteiger partial charge in [0.25, 0.3) is 5.69 Å². The fourth-order valence-corrected chi connectivity index (χ4v) is 3.88. The van der Waals surface area contributed by atoms with Gasteiger partial charge in [-0.1, -0.05) is 11.6 Å². The summed E-state index contributed by atoms with van der Waals surface area (Å²) >= 11 is 7.29. The van der Waals surface area contributed by atoms with Crippen LogP contribution in [0.1, 0.15) is 6.92 Å². The van der Waals surface area contributed by atoms with Crippen molar-refractivity contribution in [3.8, 4) is 0 Å². The van der Waals surface area contributed by atoms with Crippen LogP contribution >= 0.6 is 23.4 Å². The lowest BCUT2D eigenvalue weighted by Crippen LogP contribution is -2.34. The number of hydrogen-bond acceptors (Lipinski definition) is 5. The van der Waals surface area contributed by atoms with Crippen molar-refractivity contribution < 1.29 is 13.3 Å². The molecule has 1 unspecified atom stereocenters. The molecule has 0 bridgehead atoms. The second-order valence-electron chi connectivity index (χ2n) is 3.85. The van der Waals surface area contributed by atoms with Gasteiger partial charge in [0.1, 0.15) is 4.90 Å². The summed E-state index contributed by atoms with van der Waals surface area (Å²) in [6.45, 7) is 1.71. The standard InChI is InChI=1S/C10H13ClN2O4S2/c1-7(6-18-2)12-19(16,17)10-5-8(13(14)15)3-4-9(10)11/h3-5,7,12H,6H2,1-2H3. The molecule has 9 heteroatoms. The molecule has 0 aliphatic heterocycles. The number of halogens is 1. The summed E-state index contributed by atoms with van der Waals surface area (Å²) < 4.78 is 26.6. The zero-order valence-corrected chi connectivity index (χ0v) is 12.7. The smallest absolute Gasteiger partial charge is 0.258 e. The van der Waals surface area contributed by atoms with E-state index in [4.69, 9.17) is 11.6 Å². The summed E-state index contributed by atoms with van der Waals surface area (Å²) in [4.78, 5) is 9.71. The van der Waals surface area contributed by atoms with Crippen molar-refractivity contribution in [2.75, 3.05) is 12.0 Å². The van der Waals surface area contributed by atoms with Crippen molar-refractivity contribution >= 4 is 39.1 Å². The summed E-state index contributed by atoms with van der Waals surface area (Å²) in [6.07, 6.45) is 1.85. The molecule has 6 nitrogen and oxygen atoms in total. The van der Waals surface area contributed by atoms with Crippen LogP contribution in [0, 0.1) is 10.1 Å². The fraction of sp³-hybridized carbons (Fsp3) is 0.400. The molecule has 1 aromatic rings. The van der Waals surface area contributed by atoms with Crippen molar-refractivity contribution in [2.45, 2.75) is 17.9 Å². The van der Waals surface area contributed by atoms with Crippen molar-refractivity contribution in [3.05, 3.63) is 33.3 Å². The lowest BCUT2D eigenvalue weighted by molar-refractivity contribution is -0.385. The summed E-state index contributed by atoms with van der Waals surface area (Å²) in [5.74, 6) is 0.589. The highest BCUT2D eigenvalue weighted by Gasteiger charge is 2.23. The molecule has 0 spiro atoms. The van der Waals surface area contributed by atoms with E-state index >= 15 is 0 Å². The van der Waals surface area contributed by atoms with Crippen molar-refractivity contribution in [1.29, 1.82) is 0 Å². The van der Waals surface area contributed by atoms with Crippen LogP contribution in [-0.4, -0.2) is 31.4 Å². The number of rotatable bonds is 6. The maximum Gasteiger partial charge on any atom is 0.270 e. The molecule has 0 amide bonds. The zero-order chi connectivity index (χ0) is 14.6. The molecule has 0 aromatic heterocycles. The highest BCUT2D eigenvalue weighted by atomic mass is 35.5. The van der Waals surface area contributed by atoms with E-state index in [1.807, 2.05) is 6.26 Å². The van der Waals surface area contributed by atoms with Crippen LogP contribution in [0.2, 0.25) is 5.02 Å². The van der Waals surface area contributed by atoms with Gasteiger partial charge in [0.05, 0.1) is 9.95 Å². The Morgan fingerprint density at radius 3 is 2.68 bits per heavy atom. The fourth-order valence-electron chi connectivity index (χ4n) is 1.42. The number of nitrogens with one attached hydrogen (secondary N) is 1. The molecule has 0 saturated carbocycles. The Morgan fingerprint density at radius 1 is 1.53 bits per heavy atom. The Hall–Kier alpha value is -0.830. The van der Waals surface area contributed by atoms with E-state index in [9.17, 15) is 18.5 Å². The topological polar surface area (TPSA) is 89.3 Å². The van der Waals surface area contributed by atoms with Gasteiger partial charge in [0.15, 0.2) is 0 Å². The molecular weight excluding hydrogens is 312 g/mol. The Labute approximate surface area is 120 Å². The van der Waals surface area contributed by atoms with Crippen LogP contribution in [0.4, 0.5) is 5.69 Å². The molecule has 0 fully saturated rings. The van der Waals surface area contributed by atoms with E-state index < -0.39 is 14.9 Å². The second kappa shape index (κ2) is 6.56. The van der Waals surface area contributed by atoms with E-state index in [0.29, 0.717) is 5.75 Å². The van der Waals surface area contributed by atoms with Crippen LogP contribution in [0.15, 0.2) is 23.1 Å². The van der Waals surface area contributed by atoms with Crippen LogP contribution in [0.25, 0.3) is 0 Å². The molecule has 1 atom stereocenters. The minimum absolute atomic E-state index is 0.0468. The first-order valence-electron chi connectivity index (χ1n) is 5.23. The largest absolute Gasteiger partial charge is 0.270 e. The third-order valence-corrected chi connectivity index (χ3v) is 5.09. The first-order valence-corrected chi connectivity index (χ1v) is 8.48. The monoisotopic (exact) mass is 324 g/mol. The van der Waals surface area contributed by atoms with Gasteiger partial charge in [-0.25, -0.2) is 13.1 Å². The first-order chi connectivity index (χ1) is 8.77. The highest BCUT2D eigenvalue weighted by Crippen LogP contribution is 2.26. The lowest BCUT2D eigenvalue weighted by atomic mass is 10.3. The van der Waals surface area contributed by atoms with Crippen molar-refractivity contribution in [2.24, 2.45) is 0 Å². The van der Waals surface area contributed by atoms with Crippen molar-refractivity contribution in [3.63, 3.8) is 0 Å². The van der Waals surface area contributed by atoms with Gasteiger partial charge in [-0.2, -0.15) is 11.8 Å². The molecule has 0 aliphatic rings. The number of non-ortho nitro benzene ring substituents is 1. The van der Waals surface area contributed by atoms with Crippen LogP contribution in [-0.2, 0) is 10.0 Å². The second-order valence-corrected chi connectivity index (χ2v) is 6.85. The average molecular weight is 325 g/mol. The molecule has 0 saturated heterocycles. The first kappa shape index (κ1) is 16.2. The van der Waals surface area contributed by atoms with E-state index in [-0.39, 0.29) is 21.6 Å². The molecule has 1 N–H and O–H groups in total. The third-order valence-electron chi connectivity index (χ3n) is 2.19. The molecule has 0 radical (unpaired) electrons. The summed E-state index contributed by atoms with van der Waals surface area (Å²) in [5.41, 5.74) is -0.317. The van der Waals surface area contributed by atoms with Gasteiger partial charge < -0.3 is 0 Å². The highest BCUT2D eigenvalue weighted by molar-refractivity contribution is 7.98. The molecule has 0 heterocycles. The number of hydrogen-bond donors (Lipinski definition) is 1. The Morgan fingerprint density at radius 2 is 2.16 bits per heavy atom. The number of benzene rings is 1. The third kappa shape index (κ3) is 4.34. The number of nitro benzene ring substituents is 1. The van der Waals surface area contributed by atoms with Gasteiger partial charge in [0.2, 0.25) is 10.0 Å². The van der Waals surface area contributed by atoms with E-state index in [0.717, 1.165) is 12.1 Å². The van der Waals surface area contributed by atoms with Crippen LogP contribution in [0.3, 0.4) is 0 Å². The summed E-state index contributed by atoms with van der Waals surface area (Å²) in [7, 11) is -3.87. The maximum atomic E-state index is 12.1. The molecule has 0 aliphatic carbocycles. The molecular formula is C10H13ClN2O4S2. The van der Waals surface area contributed by atoms with Gasteiger partial charge >= 0.3 is 0 Å². The molecule has 1 rings (SSSR count). The normalized spacial score (nSPS) is 13.2. The minimum atomic E-state index is -3.87. The van der Waals surface area contributed by atoms with E-state index in [2.05, 4.69) is 4.72 Å². The number of sulfonamides is 1. The van der Waals surface area contributed by atoms with E-state index in [1.54, 1.807) is 6.92 Å². The summed E-state index contributed by atoms with van der Waals surface area (Å²) in [6, 6.07) is 3.02. The molecule has 106 valence electrons. The number of nitro groups is 1. The predicted octanol–water partition coefficient (Wildman–Crippen LogP) is 2.28. The van der Waals surface area contributed by atoms with E-state index in [1.165, 1.54) is 17.8 Å². The van der Waals surface area contributed by atoms with Gasteiger partial charge in [-0.05, 0) is 19.2 Å². The quantitative estimate of drug-likeness (QED) is 0.640. The predicted molar refractivity (Wildman–Crippen MR) is 76.3 cm³/mol. The Bertz CT molecular complexity index is 577. The Balaban J connectivity index is 3.13. The lowest BCUT2D eigenvalue weighted by Gasteiger charge is -2.13. The van der Waals surface area contributed by atoms with Crippen molar-refractivity contribution in [1.82, 2.24) is 4.72 Å². The zero-order valence-electron chi connectivity index (χ0n) is 10.3. The molecule has 1 aromatic carbocycles. The van der Waals surface area contributed by atoms with Crippen LogP contribution < -0.4 is 4.72 Å². The number of thioether (sulfide) groups is 1. The SMILES string of the molecule is CSCC(C)NS(=O)(=O)c1cc([N+](=O)[O-])ccc1Cl. The van der Waals surface area contributed by atoms with Crippen LogP contribution in [0.5, 0.6) is 0 Å². The van der Waals surface area contributed by atoms with Gasteiger partial charge in [0, 0.05) is 23.9 Å².